The monoisotopic (exact) mass is 243 g/mol. The summed E-state index contributed by atoms with van der Waals surface area (Å²) in [7, 11) is 0. The molecule has 2 aliphatic heterocycles. The summed E-state index contributed by atoms with van der Waals surface area (Å²) in [4.78, 5) is 16.2. The van der Waals surface area contributed by atoms with Crippen LogP contribution >= 0.6 is 11.8 Å². The maximum absolute atomic E-state index is 12.0. The Balaban J connectivity index is 1.73. The Bertz CT molecular complexity index is 235. The van der Waals surface area contributed by atoms with Crippen LogP contribution in [0.15, 0.2) is 0 Å². The Morgan fingerprint density at radius 2 is 1.81 bits per heavy atom. The van der Waals surface area contributed by atoms with Gasteiger partial charge in [-0.15, -0.1) is 0 Å². The van der Waals surface area contributed by atoms with Crippen molar-refractivity contribution < 1.29 is 4.79 Å². The summed E-state index contributed by atoms with van der Waals surface area (Å²) in [5.74, 6) is 2.49. The van der Waals surface area contributed by atoms with E-state index in [1.807, 2.05) is 16.7 Å². The van der Waals surface area contributed by atoms with Gasteiger partial charge in [0.25, 0.3) is 0 Å². The molecule has 2 rings (SSSR count). The lowest BCUT2D eigenvalue weighted by Gasteiger charge is -2.33. The lowest BCUT2D eigenvalue weighted by atomic mass is 10.1. The molecule has 1 amide bonds. The molecule has 0 spiro atoms. The zero-order valence-electron chi connectivity index (χ0n) is 9.73. The number of amides is 1. The first-order valence-electron chi connectivity index (χ1n) is 6.09. The molecule has 0 aromatic rings. The summed E-state index contributed by atoms with van der Waals surface area (Å²) in [6, 6.07) is 0.345. The molecule has 2 saturated heterocycles. The molecule has 16 heavy (non-hydrogen) atoms. The van der Waals surface area contributed by atoms with Gasteiger partial charge in [-0.25, -0.2) is 0 Å². The number of nitrogens with zero attached hydrogens (tertiary/aromatic N) is 2. The van der Waals surface area contributed by atoms with E-state index < -0.39 is 0 Å². The van der Waals surface area contributed by atoms with E-state index in [0.29, 0.717) is 18.5 Å². The van der Waals surface area contributed by atoms with Crippen LogP contribution in [-0.2, 0) is 4.79 Å². The topological polar surface area (TPSA) is 49.6 Å². The fraction of sp³-hybridized carbons (Fsp3) is 0.909. The van der Waals surface area contributed by atoms with Crippen LogP contribution in [0.2, 0.25) is 0 Å². The van der Waals surface area contributed by atoms with Gasteiger partial charge in [0.2, 0.25) is 5.91 Å². The van der Waals surface area contributed by atoms with E-state index in [4.69, 9.17) is 5.73 Å². The summed E-state index contributed by atoms with van der Waals surface area (Å²) in [5, 5.41) is 0. The van der Waals surface area contributed by atoms with E-state index in [-0.39, 0.29) is 0 Å². The average molecular weight is 243 g/mol. The van der Waals surface area contributed by atoms with E-state index in [2.05, 4.69) is 4.90 Å². The fourth-order valence-corrected chi connectivity index (χ4v) is 3.12. The number of rotatable bonds is 2. The van der Waals surface area contributed by atoms with Gasteiger partial charge in [0.1, 0.15) is 0 Å². The molecule has 0 radical (unpaired) electrons. The van der Waals surface area contributed by atoms with E-state index in [0.717, 1.165) is 50.5 Å². The maximum Gasteiger partial charge on any atom is 0.236 e. The van der Waals surface area contributed by atoms with Gasteiger partial charge in [-0.1, -0.05) is 0 Å². The minimum atomic E-state index is 0.302. The number of piperidine rings is 1. The number of nitrogens with two attached hydrogens (primary N) is 1. The van der Waals surface area contributed by atoms with Gasteiger partial charge >= 0.3 is 0 Å². The number of hydrogen-bond acceptors (Lipinski definition) is 4. The molecular weight excluding hydrogens is 222 g/mol. The molecule has 2 heterocycles. The fourth-order valence-electron chi connectivity index (χ4n) is 2.22. The summed E-state index contributed by atoms with van der Waals surface area (Å²) in [6.07, 6.45) is 2.06. The first-order chi connectivity index (χ1) is 7.75. The number of hydrogen-bond donors (Lipinski definition) is 1. The predicted octanol–water partition coefficient (Wildman–Crippen LogP) is -0.0151. The Morgan fingerprint density at radius 1 is 1.19 bits per heavy atom. The van der Waals surface area contributed by atoms with Gasteiger partial charge in [-0.3, -0.25) is 9.69 Å². The Kier molecular flexibility index (Phi) is 4.49. The molecule has 0 aromatic carbocycles. The third kappa shape index (κ3) is 3.37. The molecule has 5 heteroatoms. The minimum absolute atomic E-state index is 0.302. The molecule has 2 N–H and O–H groups in total. The van der Waals surface area contributed by atoms with Crippen molar-refractivity contribution in [3.8, 4) is 0 Å². The van der Waals surface area contributed by atoms with Crippen molar-refractivity contribution in [2.75, 3.05) is 44.2 Å². The molecule has 92 valence electrons. The van der Waals surface area contributed by atoms with E-state index >= 15 is 0 Å². The number of thioether (sulfide) groups is 1. The van der Waals surface area contributed by atoms with Crippen molar-refractivity contribution in [3.05, 3.63) is 0 Å². The van der Waals surface area contributed by atoms with Crippen LogP contribution in [0.4, 0.5) is 0 Å². The molecule has 0 aromatic heterocycles. The highest BCUT2D eigenvalue weighted by molar-refractivity contribution is 7.99. The maximum atomic E-state index is 12.0. The quantitative estimate of drug-likeness (QED) is 0.741. The molecule has 4 nitrogen and oxygen atoms in total. The molecular formula is C11H21N3OS. The highest BCUT2D eigenvalue weighted by Crippen LogP contribution is 2.11. The zero-order chi connectivity index (χ0) is 11.4. The Hall–Kier alpha value is -0.260. The average Bonchev–Trinajstić information content (AvgIpc) is 2.33. The van der Waals surface area contributed by atoms with Crippen molar-refractivity contribution in [2.24, 2.45) is 5.73 Å². The number of carbonyl (C=O) groups excluding carboxylic acids is 1. The molecule has 2 fully saturated rings. The lowest BCUT2D eigenvalue weighted by Crippen LogP contribution is -2.47. The SMILES string of the molecule is NC1CCN(CC(=O)N2CCSCC2)CC1. The van der Waals surface area contributed by atoms with Gasteiger partial charge < -0.3 is 10.6 Å². The highest BCUT2D eigenvalue weighted by Gasteiger charge is 2.22. The van der Waals surface area contributed by atoms with Gasteiger partial charge in [0.15, 0.2) is 0 Å². The van der Waals surface area contributed by atoms with Crippen LogP contribution in [0, 0.1) is 0 Å². The summed E-state index contributed by atoms with van der Waals surface area (Å²) >= 11 is 1.94. The smallest absolute Gasteiger partial charge is 0.236 e. The van der Waals surface area contributed by atoms with Gasteiger partial charge in [-0.2, -0.15) is 11.8 Å². The number of carbonyl (C=O) groups is 1. The molecule has 0 aliphatic carbocycles. The minimum Gasteiger partial charge on any atom is -0.340 e. The summed E-state index contributed by atoms with van der Waals surface area (Å²) < 4.78 is 0. The van der Waals surface area contributed by atoms with E-state index in [1.54, 1.807) is 0 Å². The second-order valence-electron chi connectivity index (χ2n) is 4.61. The van der Waals surface area contributed by atoms with Crippen LogP contribution in [0.5, 0.6) is 0 Å². The molecule has 0 saturated carbocycles. The Labute approximate surface area is 102 Å². The van der Waals surface area contributed by atoms with Crippen molar-refractivity contribution in [2.45, 2.75) is 18.9 Å². The molecule has 0 atom stereocenters. The van der Waals surface area contributed by atoms with Crippen LogP contribution in [0.25, 0.3) is 0 Å². The van der Waals surface area contributed by atoms with Gasteiger partial charge in [0, 0.05) is 43.7 Å². The molecule has 0 bridgehead atoms. The normalized spacial score (nSPS) is 24.7. The third-order valence-corrected chi connectivity index (χ3v) is 4.30. The zero-order valence-corrected chi connectivity index (χ0v) is 10.5. The highest BCUT2D eigenvalue weighted by atomic mass is 32.2. The van der Waals surface area contributed by atoms with Crippen LogP contribution in [-0.4, -0.2) is 66.0 Å². The van der Waals surface area contributed by atoms with Crippen LogP contribution < -0.4 is 5.73 Å². The Morgan fingerprint density at radius 3 is 2.44 bits per heavy atom. The summed E-state index contributed by atoms with van der Waals surface area (Å²) in [6.45, 7) is 4.41. The largest absolute Gasteiger partial charge is 0.340 e. The second kappa shape index (κ2) is 5.89. The lowest BCUT2D eigenvalue weighted by molar-refractivity contribution is -0.132. The first-order valence-corrected chi connectivity index (χ1v) is 7.24. The molecule has 2 aliphatic rings. The standard InChI is InChI=1S/C11H21N3OS/c12-10-1-3-13(4-2-10)9-11(15)14-5-7-16-8-6-14/h10H,1-9,12H2. The van der Waals surface area contributed by atoms with Gasteiger partial charge in [0.05, 0.1) is 6.54 Å². The van der Waals surface area contributed by atoms with Crippen LogP contribution in [0.3, 0.4) is 0 Å². The first kappa shape index (κ1) is 12.2. The van der Waals surface area contributed by atoms with Gasteiger partial charge in [-0.05, 0) is 12.8 Å². The van der Waals surface area contributed by atoms with Crippen molar-refractivity contribution in [1.82, 2.24) is 9.80 Å². The second-order valence-corrected chi connectivity index (χ2v) is 5.83. The third-order valence-electron chi connectivity index (χ3n) is 3.35. The van der Waals surface area contributed by atoms with E-state index in [1.165, 1.54) is 0 Å². The van der Waals surface area contributed by atoms with Crippen LogP contribution in [0.1, 0.15) is 12.8 Å². The van der Waals surface area contributed by atoms with Crippen molar-refractivity contribution in [1.29, 1.82) is 0 Å². The van der Waals surface area contributed by atoms with Crippen molar-refractivity contribution >= 4 is 17.7 Å². The van der Waals surface area contributed by atoms with Crippen molar-refractivity contribution in [3.63, 3.8) is 0 Å². The summed E-state index contributed by atoms with van der Waals surface area (Å²) in [5.41, 5.74) is 5.85. The number of likely N-dealkylation sites (tertiary alicyclic amines) is 1. The van der Waals surface area contributed by atoms with E-state index in [9.17, 15) is 4.79 Å². The molecule has 0 unspecified atom stereocenters. The predicted molar refractivity (Wildman–Crippen MR) is 67.6 cm³/mol.